The van der Waals surface area contributed by atoms with Crippen LogP contribution >= 0.6 is 0 Å². The lowest BCUT2D eigenvalue weighted by molar-refractivity contribution is -0.123. The van der Waals surface area contributed by atoms with Crippen molar-refractivity contribution in [3.8, 4) is 0 Å². The molecule has 1 aromatic heterocycles. The monoisotopic (exact) mass is 419 g/mol. The van der Waals surface area contributed by atoms with Crippen LogP contribution < -0.4 is 11.0 Å². The largest absolute Gasteiger partial charge is 0.328 e. The van der Waals surface area contributed by atoms with Crippen molar-refractivity contribution in [3.05, 3.63) is 52.7 Å². The fourth-order valence-electron chi connectivity index (χ4n) is 2.90. The minimum Gasteiger partial charge on any atom is -0.324 e. The third-order valence-corrected chi connectivity index (χ3v) is 6.53. The van der Waals surface area contributed by atoms with Crippen LogP contribution in [0.4, 0.5) is 10.1 Å². The quantitative estimate of drug-likeness (QED) is 0.661. The van der Waals surface area contributed by atoms with Gasteiger partial charge in [-0.05, 0) is 36.4 Å². The van der Waals surface area contributed by atoms with E-state index in [0.717, 1.165) is 24.3 Å². The highest BCUT2D eigenvalue weighted by Gasteiger charge is 2.28. The van der Waals surface area contributed by atoms with E-state index in [1.165, 1.54) is 28.3 Å². The number of benzene rings is 2. The maximum absolute atomic E-state index is 13.3. The Bertz CT molecular complexity index is 1280. The maximum atomic E-state index is 13.3. The predicted molar refractivity (Wildman–Crippen MR) is 108 cm³/mol. The average molecular weight is 419 g/mol. The fraction of sp³-hybridized carbons (Fsp3) is 0.300. The van der Waals surface area contributed by atoms with Crippen LogP contribution in [0, 0.1) is 11.2 Å². The van der Waals surface area contributed by atoms with E-state index in [4.69, 9.17) is 0 Å². The van der Waals surface area contributed by atoms with Gasteiger partial charge < -0.3 is 5.32 Å². The molecule has 1 heterocycles. The number of halogens is 1. The Morgan fingerprint density at radius 1 is 1.00 bits per heavy atom. The summed E-state index contributed by atoms with van der Waals surface area (Å²) in [5.41, 5.74) is -0.173. The Labute approximate surface area is 167 Å². The molecule has 0 unspecified atom stereocenters. The van der Waals surface area contributed by atoms with Gasteiger partial charge in [0.05, 0.1) is 26.5 Å². The second-order valence-corrected chi connectivity index (χ2v) is 9.82. The summed E-state index contributed by atoms with van der Waals surface area (Å²) >= 11 is 0. The number of aromatic nitrogens is 2. The number of aryl methyl sites for hydroxylation is 2. The number of fused-ring (bicyclic) bond motifs is 1. The molecule has 0 atom stereocenters. The standard InChI is InChI=1S/C20H22FN3O4S/c1-20(2,3)18(25)22-14-10-15-16(24(5)19(26)23(15)4)11-17(14)29(27,28)13-8-6-12(21)7-9-13/h6-11H,1-5H3,(H,22,25). The smallest absolute Gasteiger partial charge is 0.324 e. The number of hydrogen-bond acceptors (Lipinski definition) is 4. The Balaban J connectivity index is 2.32. The van der Waals surface area contributed by atoms with Gasteiger partial charge in [-0.1, -0.05) is 20.8 Å². The molecule has 0 bridgehead atoms. The number of amides is 1. The summed E-state index contributed by atoms with van der Waals surface area (Å²) in [6.07, 6.45) is 0. The number of nitrogens with zero attached hydrogens (tertiary/aromatic N) is 2. The zero-order valence-corrected chi connectivity index (χ0v) is 17.6. The first kappa shape index (κ1) is 20.8. The van der Waals surface area contributed by atoms with E-state index in [1.54, 1.807) is 27.8 Å². The van der Waals surface area contributed by atoms with Crippen LogP contribution in [0.25, 0.3) is 11.0 Å². The van der Waals surface area contributed by atoms with Crippen molar-refractivity contribution in [2.24, 2.45) is 19.5 Å². The van der Waals surface area contributed by atoms with Crippen molar-refractivity contribution >= 4 is 32.5 Å². The van der Waals surface area contributed by atoms with E-state index in [1.807, 2.05) is 0 Å². The lowest BCUT2D eigenvalue weighted by atomic mass is 9.95. The average Bonchev–Trinajstić information content (AvgIpc) is 2.84. The summed E-state index contributed by atoms with van der Waals surface area (Å²) in [5.74, 6) is -0.945. The summed E-state index contributed by atoms with van der Waals surface area (Å²) < 4.78 is 42.5. The summed E-state index contributed by atoms with van der Waals surface area (Å²) in [5, 5.41) is 2.67. The first-order valence-electron chi connectivity index (χ1n) is 8.85. The fourth-order valence-corrected chi connectivity index (χ4v) is 4.31. The normalized spacial score (nSPS) is 12.3. The summed E-state index contributed by atoms with van der Waals surface area (Å²) in [4.78, 5) is 24.6. The van der Waals surface area contributed by atoms with Crippen molar-refractivity contribution in [2.75, 3.05) is 5.32 Å². The first-order chi connectivity index (χ1) is 13.3. The molecule has 0 fully saturated rings. The van der Waals surface area contributed by atoms with Gasteiger partial charge in [0, 0.05) is 19.5 Å². The van der Waals surface area contributed by atoms with Crippen LogP contribution in [0.5, 0.6) is 0 Å². The predicted octanol–water partition coefficient (Wildman–Crippen LogP) is 2.83. The molecule has 154 valence electrons. The molecular weight excluding hydrogens is 397 g/mol. The molecule has 0 spiro atoms. The second kappa shape index (κ2) is 6.84. The minimum atomic E-state index is -4.10. The number of hydrogen-bond donors (Lipinski definition) is 1. The number of carbonyl (C=O) groups is 1. The molecule has 0 saturated heterocycles. The SMILES string of the molecule is Cn1c(=O)n(C)c2cc(S(=O)(=O)c3ccc(F)cc3)c(NC(=O)C(C)(C)C)cc21. The van der Waals surface area contributed by atoms with Crippen molar-refractivity contribution in [2.45, 2.75) is 30.6 Å². The van der Waals surface area contributed by atoms with Gasteiger partial charge in [0.25, 0.3) is 0 Å². The van der Waals surface area contributed by atoms with Crippen molar-refractivity contribution in [1.82, 2.24) is 9.13 Å². The van der Waals surface area contributed by atoms with E-state index in [2.05, 4.69) is 5.32 Å². The Morgan fingerprint density at radius 3 is 2.03 bits per heavy atom. The Kier molecular flexibility index (Phi) is 4.90. The molecule has 0 aliphatic rings. The summed E-state index contributed by atoms with van der Waals surface area (Å²) in [7, 11) is -0.998. The minimum absolute atomic E-state index is 0.0583. The van der Waals surface area contributed by atoms with Crippen LogP contribution in [-0.4, -0.2) is 23.5 Å². The van der Waals surface area contributed by atoms with E-state index < -0.39 is 21.1 Å². The lowest BCUT2D eigenvalue weighted by Crippen LogP contribution is -2.28. The van der Waals surface area contributed by atoms with Gasteiger partial charge in [0.15, 0.2) is 0 Å². The van der Waals surface area contributed by atoms with Gasteiger partial charge in [0.1, 0.15) is 5.82 Å². The highest BCUT2D eigenvalue weighted by molar-refractivity contribution is 7.91. The van der Waals surface area contributed by atoms with E-state index in [0.29, 0.717) is 11.0 Å². The van der Waals surface area contributed by atoms with E-state index in [-0.39, 0.29) is 27.1 Å². The number of sulfone groups is 1. The van der Waals surface area contributed by atoms with Gasteiger partial charge >= 0.3 is 5.69 Å². The highest BCUT2D eigenvalue weighted by Crippen LogP contribution is 2.32. The van der Waals surface area contributed by atoms with Gasteiger partial charge in [-0.3, -0.25) is 13.9 Å². The van der Waals surface area contributed by atoms with Crippen molar-refractivity contribution in [1.29, 1.82) is 0 Å². The van der Waals surface area contributed by atoms with Crippen LogP contribution in [-0.2, 0) is 28.7 Å². The molecule has 1 amide bonds. The molecule has 0 saturated carbocycles. The molecule has 0 aliphatic heterocycles. The van der Waals surface area contributed by atoms with Gasteiger partial charge in [-0.2, -0.15) is 0 Å². The number of rotatable bonds is 3. The van der Waals surface area contributed by atoms with Crippen molar-refractivity contribution < 1.29 is 17.6 Å². The molecule has 3 aromatic rings. The molecule has 9 heteroatoms. The number of carbonyl (C=O) groups excluding carboxylic acids is 1. The first-order valence-corrected chi connectivity index (χ1v) is 10.3. The van der Waals surface area contributed by atoms with Crippen molar-refractivity contribution in [3.63, 3.8) is 0 Å². The van der Waals surface area contributed by atoms with Gasteiger partial charge in [-0.25, -0.2) is 17.6 Å². The molecule has 0 radical (unpaired) electrons. The topological polar surface area (TPSA) is 90.2 Å². The van der Waals surface area contributed by atoms with E-state index in [9.17, 15) is 22.4 Å². The molecule has 29 heavy (non-hydrogen) atoms. The van der Waals surface area contributed by atoms with Gasteiger partial charge in [0.2, 0.25) is 15.7 Å². The Hall–Kier alpha value is -2.94. The summed E-state index contributed by atoms with van der Waals surface area (Å²) in [6, 6.07) is 7.25. The van der Waals surface area contributed by atoms with Crippen LogP contribution in [0.1, 0.15) is 20.8 Å². The van der Waals surface area contributed by atoms with E-state index >= 15 is 0 Å². The zero-order chi connectivity index (χ0) is 21.7. The Morgan fingerprint density at radius 2 is 1.52 bits per heavy atom. The number of anilines is 1. The third-order valence-electron chi connectivity index (χ3n) is 4.72. The summed E-state index contributed by atoms with van der Waals surface area (Å²) in [6.45, 7) is 5.10. The van der Waals surface area contributed by atoms with Crippen LogP contribution in [0.3, 0.4) is 0 Å². The zero-order valence-electron chi connectivity index (χ0n) is 16.8. The molecule has 1 N–H and O–H groups in total. The number of nitrogens with one attached hydrogen (secondary N) is 1. The van der Waals surface area contributed by atoms with Gasteiger partial charge in [-0.15, -0.1) is 0 Å². The molecular formula is C20H22FN3O4S. The molecule has 2 aromatic carbocycles. The number of imidazole rings is 1. The second-order valence-electron chi connectivity index (χ2n) is 7.90. The highest BCUT2D eigenvalue weighted by atomic mass is 32.2. The molecule has 0 aliphatic carbocycles. The third kappa shape index (κ3) is 3.57. The maximum Gasteiger partial charge on any atom is 0.328 e. The van der Waals surface area contributed by atoms with Crippen LogP contribution in [0.2, 0.25) is 0 Å². The molecule has 7 nitrogen and oxygen atoms in total. The molecule has 3 rings (SSSR count). The van der Waals surface area contributed by atoms with Crippen LogP contribution in [0.15, 0.2) is 51.0 Å². The lowest BCUT2D eigenvalue weighted by Gasteiger charge is -2.20.